The molecule has 0 aromatic heterocycles. The smallest absolute Gasteiger partial charge is 0.416 e. The zero-order valence-electron chi connectivity index (χ0n) is 9.24. The van der Waals surface area contributed by atoms with Crippen molar-refractivity contribution in [2.24, 2.45) is 0 Å². The van der Waals surface area contributed by atoms with E-state index in [1.807, 2.05) is 0 Å². The zero-order chi connectivity index (χ0) is 13.8. The highest BCUT2D eigenvalue weighted by molar-refractivity contribution is 5.73. The Morgan fingerprint density at radius 3 is 2.22 bits per heavy atom. The Morgan fingerprint density at radius 1 is 1.28 bits per heavy atom. The molecule has 0 radical (unpaired) electrons. The average Bonchev–Trinajstić information content (AvgIpc) is 2.29. The van der Waals surface area contributed by atoms with Gasteiger partial charge in [0.1, 0.15) is 6.04 Å². The molecular weight excluding hydrogens is 251 g/mol. The summed E-state index contributed by atoms with van der Waals surface area (Å²) in [5.41, 5.74) is -0.258. The van der Waals surface area contributed by atoms with Crippen molar-refractivity contribution in [1.82, 2.24) is 5.32 Å². The highest BCUT2D eigenvalue weighted by atomic mass is 19.4. The first-order valence-electron chi connectivity index (χ1n) is 5.07. The summed E-state index contributed by atoms with van der Waals surface area (Å²) < 4.78 is 36.8. The van der Waals surface area contributed by atoms with Gasteiger partial charge in [-0.15, -0.1) is 0 Å². The minimum absolute atomic E-state index is 0.0651. The van der Waals surface area contributed by atoms with Crippen LogP contribution in [0.15, 0.2) is 24.3 Å². The number of aliphatic carboxylic acids is 1. The summed E-state index contributed by atoms with van der Waals surface area (Å²) in [6.07, 6.45) is -4.39. The van der Waals surface area contributed by atoms with Gasteiger partial charge in [-0.3, -0.25) is 10.1 Å². The number of carboxylic acids is 1. The third-order valence-corrected chi connectivity index (χ3v) is 2.31. The molecule has 0 aliphatic carbocycles. The van der Waals surface area contributed by atoms with Crippen LogP contribution in [0.4, 0.5) is 13.2 Å². The summed E-state index contributed by atoms with van der Waals surface area (Å²) in [6, 6.07) is 3.22. The molecular formula is C11H12F3NO3. The second kappa shape index (κ2) is 5.83. The van der Waals surface area contributed by atoms with Crippen LogP contribution in [0.5, 0.6) is 0 Å². The number of carboxylic acid groups (broad SMARTS) is 1. The topological polar surface area (TPSA) is 69.6 Å². The maximum atomic E-state index is 12.3. The van der Waals surface area contributed by atoms with Crippen LogP contribution in [0.1, 0.15) is 11.1 Å². The summed E-state index contributed by atoms with van der Waals surface area (Å²) in [6.45, 7) is -0.522. The SMILES string of the molecule is O=C(O)[C@H](CO)NCc1ccc(C(F)(F)F)cc1. The number of alkyl halides is 3. The minimum Gasteiger partial charge on any atom is -0.480 e. The fourth-order valence-corrected chi connectivity index (χ4v) is 1.28. The Labute approximate surface area is 101 Å². The summed E-state index contributed by atoms with van der Waals surface area (Å²) in [7, 11) is 0. The van der Waals surface area contributed by atoms with Crippen LogP contribution in [0, 0.1) is 0 Å². The summed E-state index contributed by atoms with van der Waals surface area (Å²) in [5, 5.41) is 19.9. The number of nitrogens with one attached hydrogen (secondary N) is 1. The second-order valence-electron chi connectivity index (χ2n) is 3.65. The molecule has 1 aromatic rings. The van der Waals surface area contributed by atoms with E-state index in [-0.39, 0.29) is 6.54 Å². The van der Waals surface area contributed by atoms with Crippen molar-refractivity contribution in [1.29, 1.82) is 0 Å². The number of carbonyl (C=O) groups is 1. The van der Waals surface area contributed by atoms with Crippen molar-refractivity contribution in [3.63, 3.8) is 0 Å². The lowest BCUT2D eigenvalue weighted by atomic mass is 10.1. The highest BCUT2D eigenvalue weighted by Crippen LogP contribution is 2.28. The van der Waals surface area contributed by atoms with Gasteiger partial charge in [-0.2, -0.15) is 13.2 Å². The fraction of sp³-hybridized carbons (Fsp3) is 0.364. The molecule has 0 amide bonds. The molecule has 0 heterocycles. The molecule has 7 heteroatoms. The third-order valence-electron chi connectivity index (χ3n) is 2.31. The number of hydrogen-bond acceptors (Lipinski definition) is 3. The van der Waals surface area contributed by atoms with Crippen LogP contribution >= 0.6 is 0 Å². The maximum absolute atomic E-state index is 12.3. The molecule has 1 aromatic carbocycles. The van der Waals surface area contributed by atoms with Gasteiger partial charge >= 0.3 is 12.1 Å². The van der Waals surface area contributed by atoms with Gasteiger partial charge in [-0.25, -0.2) is 0 Å². The first kappa shape index (κ1) is 14.5. The Kier molecular flexibility index (Phi) is 4.69. The molecule has 0 fully saturated rings. The predicted molar refractivity (Wildman–Crippen MR) is 56.8 cm³/mol. The van der Waals surface area contributed by atoms with Crippen LogP contribution in [-0.4, -0.2) is 28.8 Å². The summed E-state index contributed by atoms with van der Waals surface area (Å²) in [4.78, 5) is 10.6. The molecule has 1 rings (SSSR count). The normalized spacial score (nSPS) is 13.3. The first-order chi connectivity index (χ1) is 8.34. The van der Waals surface area contributed by atoms with Gasteiger partial charge in [-0.1, -0.05) is 12.1 Å². The highest BCUT2D eigenvalue weighted by Gasteiger charge is 2.29. The van der Waals surface area contributed by atoms with Crippen molar-refractivity contribution in [3.05, 3.63) is 35.4 Å². The largest absolute Gasteiger partial charge is 0.480 e. The Hall–Kier alpha value is -1.60. The second-order valence-corrected chi connectivity index (χ2v) is 3.65. The fourth-order valence-electron chi connectivity index (χ4n) is 1.28. The van der Waals surface area contributed by atoms with Gasteiger partial charge in [0.15, 0.2) is 0 Å². The number of aliphatic hydroxyl groups excluding tert-OH is 1. The first-order valence-corrected chi connectivity index (χ1v) is 5.07. The van der Waals surface area contributed by atoms with E-state index in [1.165, 1.54) is 12.1 Å². The van der Waals surface area contributed by atoms with Crippen molar-refractivity contribution in [3.8, 4) is 0 Å². The number of aliphatic hydroxyl groups is 1. The molecule has 1 atom stereocenters. The van der Waals surface area contributed by atoms with Crippen molar-refractivity contribution >= 4 is 5.97 Å². The van der Waals surface area contributed by atoms with Crippen molar-refractivity contribution in [2.45, 2.75) is 18.8 Å². The maximum Gasteiger partial charge on any atom is 0.416 e. The Bertz CT molecular complexity index is 403. The average molecular weight is 263 g/mol. The molecule has 4 nitrogen and oxygen atoms in total. The molecule has 0 unspecified atom stereocenters. The van der Waals surface area contributed by atoms with Crippen LogP contribution in [0.2, 0.25) is 0 Å². The zero-order valence-corrected chi connectivity index (χ0v) is 9.24. The van der Waals surface area contributed by atoms with Gasteiger partial charge in [0.05, 0.1) is 12.2 Å². The molecule has 0 aliphatic rings. The lowest BCUT2D eigenvalue weighted by Crippen LogP contribution is -2.39. The quantitative estimate of drug-likeness (QED) is 0.747. The van der Waals surface area contributed by atoms with E-state index in [0.29, 0.717) is 5.56 Å². The van der Waals surface area contributed by atoms with Crippen LogP contribution in [0.3, 0.4) is 0 Å². The molecule has 3 N–H and O–H groups in total. The lowest BCUT2D eigenvalue weighted by Gasteiger charge is -2.12. The van der Waals surface area contributed by atoms with Gasteiger partial charge in [-0.05, 0) is 17.7 Å². The lowest BCUT2D eigenvalue weighted by molar-refractivity contribution is -0.140. The van der Waals surface area contributed by atoms with Gasteiger partial charge in [0.25, 0.3) is 0 Å². The van der Waals surface area contributed by atoms with Gasteiger partial charge in [0, 0.05) is 6.54 Å². The van der Waals surface area contributed by atoms with Crippen LogP contribution < -0.4 is 5.32 Å². The Morgan fingerprint density at radius 2 is 1.83 bits per heavy atom. The van der Waals surface area contributed by atoms with E-state index < -0.39 is 30.4 Å². The van der Waals surface area contributed by atoms with Crippen LogP contribution in [0.25, 0.3) is 0 Å². The number of halogens is 3. The summed E-state index contributed by atoms with van der Waals surface area (Å²) in [5.74, 6) is -1.22. The van der Waals surface area contributed by atoms with E-state index in [2.05, 4.69) is 5.32 Å². The molecule has 0 saturated carbocycles. The van der Waals surface area contributed by atoms with E-state index in [0.717, 1.165) is 12.1 Å². The van der Waals surface area contributed by atoms with Crippen molar-refractivity contribution < 1.29 is 28.2 Å². The third kappa shape index (κ3) is 4.01. The van der Waals surface area contributed by atoms with E-state index >= 15 is 0 Å². The van der Waals surface area contributed by atoms with Gasteiger partial charge < -0.3 is 10.2 Å². The minimum atomic E-state index is -4.39. The molecule has 0 bridgehead atoms. The molecule has 0 saturated heterocycles. The molecule has 0 aliphatic heterocycles. The molecule has 0 spiro atoms. The van der Waals surface area contributed by atoms with Crippen LogP contribution in [-0.2, 0) is 17.5 Å². The van der Waals surface area contributed by atoms with Gasteiger partial charge in [0.2, 0.25) is 0 Å². The number of hydrogen-bond donors (Lipinski definition) is 3. The van der Waals surface area contributed by atoms with E-state index in [9.17, 15) is 18.0 Å². The predicted octanol–water partition coefficient (Wildman–Crippen LogP) is 1.24. The molecule has 100 valence electrons. The van der Waals surface area contributed by atoms with E-state index in [4.69, 9.17) is 10.2 Å². The Balaban J connectivity index is 2.62. The monoisotopic (exact) mass is 263 g/mol. The summed E-state index contributed by atoms with van der Waals surface area (Å²) >= 11 is 0. The molecule has 18 heavy (non-hydrogen) atoms. The standard InChI is InChI=1S/C11H12F3NO3/c12-11(13,14)8-3-1-7(2-4-8)5-15-9(6-16)10(17)18/h1-4,9,15-16H,5-6H2,(H,17,18)/t9-/m0/s1. The number of benzene rings is 1. The van der Waals surface area contributed by atoms with E-state index in [1.54, 1.807) is 0 Å². The van der Waals surface area contributed by atoms with Crippen molar-refractivity contribution in [2.75, 3.05) is 6.61 Å². The number of rotatable bonds is 5.